The number of hydrogen-bond acceptors (Lipinski definition) is 8. The molecule has 4 aromatic rings. The summed E-state index contributed by atoms with van der Waals surface area (Å²) in [4.78, 5) is 21.7. The largest absolute Gasteiger partial charge is 0.486 e. The first-order chi connectivity index (χ1) is 16.6. The first-order valence-electron chi connectivity index (χ1n) is 10.9. The second-order valence-corrected chi connectivity index (χ2v) is 8.02. The van der Waals surface area contributed by atoms with Crippen molar-refractivity contribution in [3.8, 4) is 17.2 Å². The lowest BCUT2D eigenvalue weighted by atomic mass is 10.2. The van der Waals surface area contributed by atoms with Crippen LogP contribution in [0.5, 0.6) is 11.5 Å². The van der Waals surface area contributed by atoms with E-state index in [2.05, 4.69) is 10.3 Å². The highest BCUT2D eigenvalue weighted by atomic mass is 32.1. The predicted molar refractivity (Wildman–Crippen MR) is 130 cm³/mol. The van der Waals surface area contributed by atoms with Crippen LogP contribution in [0.1, 0.15) is 17.3 Å². The number of rotatable bonds is 6. The Morgan fingerprint density at radius 2 is 1.94 bits per heavy atom. The Balaban J connectivity index is 1.48. The number of carbonyl (C=O) groups is 1. The van der Waals surface area contributed by atoms with Gasteiger partial charge in [-0.25, -0.2) is 9.78 Å². The van der Waals surface area contributed by atoms with Gasteiger partial charge in [-0.05, 0) is 31.2 Å². The highest BCUT2D eigenvalue weighted by Gasteiger charge is 2.21. The first kappa shape index (κ1) is 21.8. The lowest BCUT2D eigenvalue weighted by Gasteiger charge is -2.26. The molecule has 1 atom stereocenters. The summed E-state index contributed by atoms with van der Waals surface area (Å²) in [7, 11) is 0. The van der Waals surface area contributed by atoms with Gasteiger partial charge in [0.25, 0.3) is 0 Å². The number of carbonyl (C=O) groups excluding carboxylic acids is 1. The molecule has 2 aromatic carbocycles. The van der Waals surface area contributed by atoms with Crippen LogP contribution in [-0.2, 0) is 4.74 Å². The molecular formula is C25H22N4O4S. The molecule has 9 heteroatoms. The van der Waals surface area contributed by atoms with Gasteiger partial charge in [0.2, 0.25) is 5.95 Å². The van der Waals surface area contributed by atoms with Crippen LogP contribution in [0.25, 0.3) is 16.7 Å². The summed E-state index contributed by atoms with van der Waals surface area (Å²) >= 11 is 5.59. The molecule has 1 aliphatic heterocycles. The van der Waals surface area contributed by atoms with Crippen molar-refractivity contribution in [1.82, 2.24) is 14.5 Å². The minimum atomic E-state index is -0.476. The Morgan fingerprint density at radius 3 is 2.74 bits per heavy atom. The van der Waals surface area contributed by atoms with Gasteiger partial charge in [-0.3, -0.25) is 0 Å². The van der Waals surface area contributed by atoms with Crippen molar-refractivity contribution in [2.75, 3.05) is 25.1 Å². The van der Waals surface area contributed by atoms with Gasteiger partial charge in [0, 0.05) is 18.1 Å². The molecule has 0 fully saturated rings. The molecule has 0 saturated carbocycles. The minimum Gasteiger partial charge on any atom is -0.486 e. The number of para-hydroxylation sites is 3. The average molecular weight is 475 g/mol. The van der Waals surface area contributed by atoms with E-state index in [4.69, 9.17) is 31.4 Å². The van der Waals surface area contributed by atoms with Crippen molar-refractivity contribution in [2.45, 2.75) is 13.0 Å². The van der Waals surface area contributed by atoms with Crippen LogP contribution in [0.2, 0.25) is 0 Å². The molecule has 172 valence electrons. The number of benzene rings is 2. The van der Waals surface area contributed by atoms with Gasteiger partial charge in [0.1, 0.15) is 12.7 Å². The molecule has 1 N–H and O–H groups in total. The fraction of sp³-hybridized carbons (Fsp3) is 0.200. The molecule has 8 nitrogen and oxygen atoms in total. The minimum absolute atomic E-state index is 0.198. The van der Waals surface area contributed by atoms with Crippen molar-refractivity contribution in [1.29, 1.82) is 0 Å². The molecule has 1 aliphatic rings. The molecule has 5 rings (SSSR count). The third kappa shape index (κ3) is 4.29. The molecule has 0 saturated heterocycles. The summed E-state index contributed by atoms with van der Waals surface area (Å²) in [6.07, 6.45) is 3.10. The van der Waals surface area contributed by atoms with Crippen LogP contribution in [0.4, 0.5) is 5.95 Å². The van der Waals surface area contributed by atoms with E-state index in [9.17, 15) is 4.79 Å². The number of esters is 1. The summed E-state index contributed by atoms with van der Waals surface area (Å²) in [5, 5.41) is 3.81. The van der Waals surface area contributed by atoms with Gasteiger partial charge in [0.05, 0.1) is 28.6 Å². The normalized spacial score (nSPS) is 14.6. The molecule has 34 heavy (non-hydrogen) atoms. The van der Waals surface area contributed by atoms with Gasteiger partial charge in [-0.1, -0.05) is 42.5 Å². The maximum Gasteiger partial charge on any atom is 0.341 e. The number of anilines is 1. The van der Waals surface area contributed by atoms with Crippen LogP contribution in [0, 0.1) is 4.51 Å². The number of nitrogens with one attached hydrogen (secondary N) is 1. The van der Waals surface area contributed by atoms with E-state index in [1.54, 1.807) is 19.3 Å². The Morgan fingerprint density at radius 1 is 1.18 bits per heavy atom. The molecule has 2 aromatic heterocycles. The molecule has 0 radical (unpaired) electrons. The third-order valence-electron chi connectivity index (χ3n) is 5.33. The van der Waals surface area contributed by atoms with Crippen molar-refractivity contribution in [3.63, 3.8) is 0 Å². The second-order valence-electron chi connectivity index (χ2n) is 7.61. The Labute approximate surface area is 201 Å². The average Bonchev–Trinajstić information content (AvgIpc) is 2.88. The lowest BCUT2D eigenvalue weighted by molar-refractivity contribution is 0.0525. The maximum absolute atomic E-state index is 12.5. The molecular weight excluding hydrogens is 452 g/mol. The molecule has 0 aliphatic carbocycles. The Hall–Kier alpha value is -3.98. The lowest BCUT2D eigenvalue weighted by Crippen LogP contribution is -2.35. The number of nitrogens with zero attached hydrogens (tertiary/aromatic N) is 3. The fourth-order valence-corrected chi connectivity index (χ4v) is 3.98. The van der Waals surface area contributed by atoms with Crippen molar-refractivity contribution in [2.24, 2.45) is 0 Å². The van der Waals surface area contributed by atoms with Crippen LogP contribution >= 0.6 is 12.2 Å². The SMILES string of the molecule is CCOC(=O)c1cn(-c2ccccc2)c2nc(NCC3COc4ccccc4O3)ncc2c1=S. The summed E-state index contributed by atoms with van der Waals surface area (Å²) in [5.41, 5.74) is 1.70. The van der Waals surface area contributed by atoms with Crippen LogP contribution in [0.3, 0.4) is 0 Å². The predicted octanol–water partition coefficient (Wildman–Crippen LogP) is 4.58. The maximum atomic E-state index is 12.5. The smallest absolute Gasteiger partial charge is 0.341 e. The quantitative estimate of drug-likeness (QED) is 0.321. The molecule has 0 amide bonds. The van der Waals surface area contributed by atoms with Crippen molar-refractivity contribution < 1.29 is 19.0 Å². The molecule has 3 heterocycles. The molecule has 0 spiro atoms. The number of ether oxygens (including phenoxy) is 3. The van der Waals surface area contributed by atoms with E-state index in [0.29, 0.717) is 46.0 Å². The van der Waals surface area contributed by atoms with Crippen molar-refractivity contribution in [3.05, 3.63) is 77.1 Å². The molecule has 0 bridgehead atoms. The van der Waals surface area contributed by atoms with Crippen molar-refractivity contribution >= 4 is 35.2 Å². The number of fused-ring (bicyclic) bond motifs is 2. The fourth-order valence-electron chi connectivity index (χ4n) is 3.70. The first-order valence-corrected chi connectivity index (χ1v) is 11.3. The number of pyridine rings is 1. The zero-order valence-corrected chi connectivity index (χ0v) is 19.2. The highest BCUT2D eigenvalue weighted by molar-refractivity contribution is 7.71. The Bertz CT molecular complexity index is 1410. The van der Waals surface area contributed by atoms with Gasteiger partial charge in [-0.2, -0.15) is 4.98 Å². The van der Waals surface area contributed by atoms with E-state index in [-0.39, 0.29) is 12.7 Å². The number of hydrogen-bond donors (Lipinski definition) is 1. The zero-order chi connectivity index (χ0) is 23.5. The van der Waals surface area contributed by atoms with Gasteiger partial charge in [0.15, 0.2) is 17.1 Å². The topological polar surface area (TPSA) is 87.5 Å². The monoisotopic (exact) mass is 474 g/mol. The molecule has 1 unspecified atom stereocenters. The third-order valence-corrected chi connectivity index (χ3v) is 5.77. The Kier molecular flexibility index (Phi) is 6.09. The van der Waals surface area contributed by atoms with Gasteiger partial charge < -0.3 is 24.1 Å². The van der Waals surface area contributed by atoms with E-state index in [1.165, 1.54) is 0 Å². The highest BCUT2D eigenvalue weighted by Crippen LogP contribution is 2.31. The second kappa shape index (κ2) is 9.48. The van der Waals surface area contributed by atoms with E-state index < -0.39 is 5.97 Å². The number of aromatic nitrogens is 3. The van der Waals surface area contributed by atoms with Crippen LogP contribution in [-0.4, -0.2) is 46.4 Å². The standard InChI is InChI=1S/C25H22N4O4S/c1-2-31-24(30)19-14-29(16-8-4-3-5-9-16)23-18(22(19)34)13-27-25(28-23)26-12-17-15-32-20-10-6-7-11-21(20)33-17/h3-11,13-14,17H,2,12,15H2,1H3,(H,26,27,28). The van der Waals surface area contributed by atoms with Crippen LogP contribution in [0.15, 0.2) is 67.0 Å². The van der Waals surface area contributed by atoms with Gasteiger partial charge >= 0.3 is 5.97 Å². The summed E-state index contributed by atoms with van der Waals surface area (Å²) in [6.45, 7) is 2.88. The zero-order valence-electron chi connectivity index (χ0n) is 18.4. The summed E-state index contributed by atoms with van der Waals surface area (Å²) < 4.78 is 19.2. The summed E-state index contributed by atoms with van der Waals surface area (Å²) in [5.74, 6) is 1.39. The van der Waals surface area contributed by atoms with Gasteiger partial charge in [-0.15, -0.1) is 0 Å². The summed E-state index contributed by atoms with van der Waals surface area (Å²) in [6, 6.07) is 17.2. The van der Waals surface area contributed by atoms with E-state index in [0.717, 1.165) is 11.4 Å². The van der Waals surface area contributed by atoms with E-state index >= 15 is 0 Å². The van der Waals surface area contributed by atoms with Crippen LogP contribution < -0.4 is 14.8 Å². The van der Waals surface area contributed by atoms with E-state index in [1.807, 2.05) is 59.2 Å².